The summed E-state index contributed by atoms with van der Waals surface area (Å²) >= 11 is 0. The molecule has 2 heteroatoms. The highest BCUT2D eigenvalue weighted by Gasteiger charge is 2.16. The number of hydrogen-bond donors (Lipinski definition) is 1. The van der Waals surface area contributed by atoms with Gasteiger partial charge < -0.3 is 10.2 Å². The summed E-state index contributed by atoms with van der Waals surface area (Å²) in [6, 6.07) is 0.801. The Labute approximate surface area is 71.0 Å². The first kappa shape index (κ1) is 10.9. The Morgan fingerprint density at radius 1 is 1.45 bits per heavy atom. The van der Waals surface area contributed by atoms with Crippen LogP contribution in [-0.4, -0.2) is 37.6 Å². The van der Waals surface area contributed by atoms with Gasteiger partial charge in [-0.2, -0.15) is 0 Å². The van der Waals surface area contributed by atoms with Crippen LogP contribution in [0.15, 0.2) is 0 Å². The third-order valence-corrected chi connectivity index (χ3v) is 2.16. The molecule has 0 spiro atoms. The minimum atomic E-state index is 0.801. The normalized spacial score (nSPS) is 23.2. The van der Waals surface area contributed by atoms with E-state index in [0.717, 1.165) is 6.04 Å². The summed E-state index contributed by atoms with van der Waals surface area (Å²) in [5, 5.41) is 3.35. The lowest BCUT2D eigenvalue weighted by Crippen LogP contribution is -2.32. The Hall–Kier alpha value is -0.0800. The zero-order chi connectivity index (χ0) is 8.69. The van der Waals surface area contributed by atoms with Crippen molar-refractivity contribution in [2.75, 3.05) is 26.7 Å². The van der Waals surface area contributed by atoms with Gasteiger partial charge in [-0.15, -0.1) is 0 Å². The summed E-state index contributed by atoms with van der Waals surface area (Å²) in [5.74, 6) is 0. The van der Waals surface area contributed by atoms with E-state index >= 15 is 0 Å². The summed E-state index contributed by atoms with van der Waals surface area (Å²) in [6.45, 7) is 9.77. The fourth-order valence-electron chi connectivity index (χ4n) is 1.27. The molecule has 0 aromatic heterocycles. The highest BCUT2D eigenvalue weighted by atomic mass is 15.2. The molecule has 68 valence electrons. The van der Waals surface area contributed by atoms with E-state index in [2.05, 4.69) is 24.2 Å². The van der Waals surface area contributed by atoms with Crippen LogP contribution >= 0.6 is 0 Å². The number of likely N-dealkylation sites (N-methyl/N-ethyl adjacent to an activating group) is 1. The molecular weight excluding hydrogens is 136 g/mol. The predicted molar refractivity (Wildman–Crippen MR) is 50.9 cm³/mol. The van der Waals surface area contributed by atoms with Crippen molar-refractivity contribution in [3.63, 3.8) is 0 Å². The average molecular weight is 158 g/mol. The first-order valence-electron chi connectivity index (χ1n) is 4.75. The van der Waals surface area contributed by atoms with Gasteiger partial charge in [0.05, 0.1) is 0 Å². The Balaban J connectivity index is 0.000000461. The molecule has 1 heterocycles. The van der Waals surface area contributed by atoms with Gasteiger partial charge in [0.25, 0.3) is 0 Å². The van der Waals surface area contributed by atoms with Gasteiger partial charge >= 0.3 is 0 Å². The highest BCUT2D eigenvalue weighted by molar-refractivity contribution is 4.77. The molecule has 0 aromatic carbocycles. The number of hydrogen-bond acceptors (Lipinski definition) is 2. The van der Waals surface area contributed by atoms with Gasteiger partial charge in [0.2, 0.25) is 0 Å². The molecule has 1 aliphatic rings. The van der Waals surface area contributed by atoms with E-state index in [4.69, 9.17) is 0 Å². The molecule has 11 heavy (non-hydrogen) atoms. The van der Waals surface area contributed by atoms with Crippen LogP contribution in [0.2, 0.25) is 0 Å². The minimum absolute atomic E-state index is 0.801. The van der Waals surface area contributed by atoms with Crippen molar-refractivity contribution in [2.24, 2.45) is 0 Å². The molecule has 0 saturated carbocycles. The van der Waals surface area contributed by atoms with Crippen molar-refractivity contribution in [2.45, 2.75) is 33.2 Å². The van der Waals surface area contributed by atoms with Gasteiger partial charge in [-0.3, -0.25) is 0 Å². The van der Waals surface area contributed by atoms with E-state index < -0.39 is 0 Å². The fraction of sp³-hybridized carbons (Fsp3) is 1.00. The van der Waals surface area contributed by atoms with Crippen molar-refractivity contribution in [3.8, 4) is 0 Å². The summed E-state index contributed by atoms with van der Waals surface area (Å²) in [7, 11) is 2.19. The van der Waals surface area contributed by atoms with Crippen LogP contribution in [0.1, 0.15) is 27.2 Å². The van der Waals surface area contributed by atoms with Gasteiger partial charge in [-0.25, -0.2) is 0 Å². The van der Waals surface area contributed by atoms with E-state index in [1.807, 2.05) is 13.8 Å². The topological polar surface area (TPSA) is 15.3 Å². The smallest absolute Gasteiger partial charge is 0.0229 e. The molecule has 1 N–H and O–H groups in total. The quantitative estimate of drug-likeness (QED) is 0.652. The molecule has 1 atom stereocenters. The second-order valence-electron chi connectivity index (χ2n) is 2.72. The summed E-state index contributed by atoms with van der Waals surface area (Å²) in [6.07, 6.45) is 1.32. The van der Waals surface area contributed by atoms with E-state index in [9.17, 15) is 0 Å². The highest BCUT2D eigenvalue weighted by Crippen LogP contribution is 2.04. The molecule has 1 fully saturated rings. The van der Waals surface area contributed by atoms with Crippen LogP contribution in [0.5, 0.6) is 0 Å². The molecule has 1 rings (SSSR count). The van der Waals surface area contributed by atoms with Crippen molar-refractivity contribution in [1.82, 2.24) is 10.2 Å². The Morgan fingerprint density at radius 3 is 2.45 bits per heavy atom. The van der Waals surface area contributed by atoms with Crippen LogP contribution in [0.25, 0.3) is 0 Å². The van der Waals surface area contributed by atoms with E-state index in [1.165, 1.54) is 26.1 Å². The maximum absolute atomic E-state index is 3.35. The SMILES string of the molecule is CC.CCN(C)C1CCNC1. The van der Waals surface area contributed by atoms with E-state index in [-0.39, 0.29) is 0 Å². The third-order valence-electron chi connectivity index (χ3n) is 2.16. The lowest BCUT2D eigenvalue weighted by atomic mass is 10.2. The summed E-state index contributed by atoms with van der Waals surface area (Å²) in [4.78, 5) is 2.40. The first-order valence-corrected chi connectivity index (χ1v) is 4.75. The zero-order valence-corrected chi connectivity index (χ0v) is 8.35. The summed E-state index contributed by atoms with van der Waals surface area (Å²) in [5.41, 5.74) is 0. The molecule has 1 aliphatic heterocycles. The second kappa shape index (κ2) is 6.62. The average Bonchev–Trinajstić information content (AvgIpc) is 2.59. The largest absolute Gasteiger partial charge is 0.315 e. The van der Waals surface area contributed by atoms with E-state index in [1.54, 1.807) is 0 Å². The van der Waals surface area contributed by atoms with Gasteiger partial charge in [-0.1, -0.05) is 20.8 Å². The van der Waals surface area contributed by atoms with Crippen molar-refractivity contribution in [3.05, 3.63) is 0 Å². The van der Waals surface area contributed by atoms with Crippen molar-refractivity contribution < 1.29 is 0 Å². The van der Waals surface area contributed by atoms with Crippen LogP contribution in [0.3, 0.4) is 0 Å². The van der Waals surface area contributed by atoms with Gasteiger partial charge in [-0.05, 0) is 26.6 Å². The number of nitrogens with one attached hydrogen (secondary N) is 1. The van der Waals surface area contributed by atoms with Crippen LogP contribution < -0.4 is 5.32 Å². The fourth-order valence-corrected chi connectivity index (χ4v) is 1.27. The third kappa shape index (κ3) is 3.73. The first-order chi connectivity index (χ1) is 5.34. The standard InChI is InChI=1S/C7H16N2.C2H6/c1-3-9(2)7-4-5-8-6-7;1-2/h7-8H,3-6H2,1-2H3;1-2H3. The Bertz CT molecular complexity index is 77.6. The Kier molecular flexibility index (Phi) is 6.57. The Morgan fingerprint density at radius 2 is 2.09 bits per heavy atom. The van der Waals surface area contributed by atoms with E-state index in [0.29, 0.717) is 0 Å². The molecule has 0 aromatic rings. The monoisotopic (exact) mass is 158 g/mol. The van der Waals surface area contributed by atoms with Crippen molar-refractivity contribution >= 4 is 0 Å². The number of rotatable bonds is 2. The molecule has 1 saturated heterocycles. The van der Waals surface area contributed by atoms with Crippen LogP contribution in [0, 0.1) is 0 Å². The molecule has 0 amide bonds. The van der Waals surface area contributed by atoms with Crippen LogP contribution in [-0.2, 0) is 0 Å². The second-order valence-corrected chi connectivity index (χ2v) is 2.72. The van der Waals surface area contributed by atoms with Crippen molar-refractivity contribution in [1.29, 1.82) is 0 Å². The lowest BCUT2D eigenvalue weighted by Gasteiger charge is -2.20. The number of nitrogens with zero attached hydrogens (tertiary/aromatic N) is 1. The lowest BCUT2D eigenvalue weighted by molar-refractivity contribution is 0.270. The molecule has 0 aliphatic carbocycles. The predicted octanol–water partition coefficient (Wildman–Crippen LogP) is 1.33. The zero-order valence-electron chi connectivity index (χ0n) is 8.35. The maximum Gasteiger partial charge on any atom is 0.0229 e. The van der Waals surface area contributed by atoms with Crippen LogP contribution in [0.4, 0.5) is 0 Å². The summed E-state index contributed by atoms with van der Waals surface area (Å²) < 4.78 is 0. The van der Waals surface area contributed by atoms with Gasteiger partial charge in [0.1, 0.15) is 0 Å². The van der Waals surface area contributed by atoms with Gasteiger partial charge in [0, 0.05) is 12.6 Å². The minimum Gasteiger partial charge on any atom is -0.315 e. The van der Waals surface area contributed by atoms with Gasteiger partial charge in [0.15, 0.2) is 0 Å². The molecule has 1 unspecified atom stereocenters. The molecule has 2 nitrogen and oxygen atoms in total. The molecule has 0 bridgehead atoms. The maximum atomic E-state index is 3.35. The molecule has 0 radical (unpaired) electrons. The molecular formula is C9H22N2.